The lowest BCUT2D eigenvalue weighted by Crippen LogP contribution is -2.28. The predicted molar refractivity (Wildman–Crippen MR) is 90.4 cm³/mol. The van der Waals surface area contributed by atoms with Crippen molar-refractivity contribution in [2.45, 2.75) is 52.5 Å². The Morgan fingerprint density at radius 2 is 1.80 bits per heavy atom. The van der Waals surface area contributed by atoms with Gasteiger partial charge in [0.2, 0.25) is 0 Å². The van der Waals surface area contributed by atoms with Gasteiger partial charge in [0.1, 0.15) is 5.75 Å². The Morgan fingerprint density at radius 3 is 2.30 bits per heavy atom. The van der Waals surface area contributed by atoms with Crippen LogP contribution in [-0.4, -0.2) is 13.7 Å². The molecule has 0 aromatic heterocycles. The number of benzene rings is 1. The third-order valence-electron chi connectivity index (χ3n) is 3.74. The molecule has 1 aromatic rings. The summed E-state index contributed by atoms with van der Waals surface area (Å²) in [7, 11) is 1.75. The Kier molecular flexibility index (Phi) is 8.24. The summed E-state index contributed by atoms with van der Waals surface area (Å²) in [6, 6.07) is 6.66. The molecule has 0 amide bonds. The van der Waals surface area contributed by atoms with Crippen LogP contribution >= 0.6 is 15.9 Å². The zero-order chi connectivity index (χ0) is 15.0. The minimum absolute atomic E-state index is 0.368. The van der Waals surface area contributed by atoms with E-state index in [0.717, 1.165) is 16.8 Å². The minimum Gasteiger partial charge on any atom is -0.496 e. The van der Waals surface area contributed by atoms with E-state index in [1.807, 2.05) is 6.07 Å². The monoisotopic (exact) mass is 341 g/mol. The van der Waals surface area contributed by atoms with E-state index >= 15 is 0 Å². The lowest BCUT2D eigenvalue weighted by molar-refractivity contribution is 0.308. The van der Waals surface area contributed by atoms with Crippen LogP contribution < -0.4 is 10.1 Å². The summed E-state index contributed by atoms with van der Waals surface area (Å²) in [5.41, 5.74) is 1.27. The molecule has 0 bridgehead atoms. The molecule has 0 spiro atoms. The quantitative estimate of drug-likeness (QED) is 0.655. The molecule has 0 aliphatic carbocycles. The molecule has 114 valence electrons. The minimum atomic E-state index is 0.368. The summed E-state index contributed by atoms with van der Waals surface area (Å²) < 4.78 is 6.69. The Hall–Kier alpha value is -0.540. The average Bonchev–Trinajstić information content (AvgIpc) is 2.44. The van der Waals surface area contributed by atoms with E-state index in [1.165, 1.54) is 31.2 Å². The molecule has 20 heavy (non-hydrogen) atoms. The SMILES string of the molecule is CCCC(CCC)C(NCC)c1cc(Br)ccc1OC. The number of hydrogen-bond donors (Lipinski definition) is 1. The molecule has 1 unspecified atom stereocenters. The molecule has 0 saturated heterocycles. The topological polar surface area (TPSA) is 21.3 Å². The third-order valence-corrected chi connectivity index (χ3v) is 4.23. The van der Waals surface area contributed by atoms with Crippen molar-refractivity contribution in [3.63, 3.8) is 0 Å². The highest BCUT2D eigenvalue weighted by Gasteiger charge is 2.24. The summed E-state index contributed by atoms with van der Waals surface area (Å²) in [4.78, 5) is 0. The van der Waals surface area contributed by atoms with Crippen LogP contribution in [0.2, 0.25) is 0 Å². The van der Waals surface area contributed by atoms with E-state index in [4.69, 9.17) is 4.74 Å². The number of halogens is 1. The van der Waals surface area contributed by atoms with Crippen molar-refractivity contribution in [3.8, 4) is 5.75 Å². The zero-order valence-electron chi connectivity index (χ0n) is 13.2. The highest BCUT2D eigenvalue weighted by Crippen LogP contribution is 2.36. The molecule has 1 atom stereocenters. The van der Waals surface area contributed by atoms with Gasteiger partial charge in [0.15, 0.2) is 0 Å². The summed E-state index contributed by atoms with van der Waals surface area (Å²) in [6.45, 7) is 7.68. The second kappa shape index (κ2) is 9.41. The number of rotatable bonds is 9. The molecule has 1 rings (SSSR count). The van der Waals surface area contributed by atoms with E-state index in [-0.39, 0.29) is 0 Å². The Bertz CT molecular complexity index is 389. The fourth-order valence-corrected chi connectivity index (χ4v) is 3.30. The molecule has 0 saturated carbocycles. The molecular weight excluding hydrogens is 314 g/mol. The van der Waals surface area contributed by atoms with E-state index < -0.39 is 0 Å². The number of ether oxygens (including phenoxy) is 1. The molecule has 0 heterocycles. The van der Waals surface area contributed by atoms with Gasteiger partial charge in [0, 0.05) is 16.1 Å². The van der Waals surface area contributed by atoms with Crippen LogP contribution in [0, 0.1) is 5.92 Å². The molecule has 1 N–H and O–H groups in total. The van der Waals surface area contributed by atoms with Crippen LogP contribution in [0.1, 0.15) is 58.1 Å². The second-order valence-corrected chi connectivity index (χ2v) is 6.17. The number of methoxy groups -OCH3 is 1. The van der Waals surface area contributed by atoms with Crippen molar-refractivity contribution < 1.29 is 4.74 Å². The van der Waals surface area contributed by atoms with Crippen molar-refractivity contribution >= 4 is 15.9 Å². The summed E-state index contributed by atoms with van der Waals surface area (Å²) in [5.74, 6) is 1.64. The van der Waals surface area contributed by atoms with Crippen molar-refractivity contribution in [3.05, 3.63) is 28.2 Å². The Labute approximate surface area is 132 Å². The Balaban J connectivity index is 3.12. The highest BCUT2D eigenvalue weighted by molar-refractivity contribution is 9.10. The predicted octanol–water partition coefficient (Wildman–Crippen LogP) is 5.32. The maximum atomic E-state index is 5.57. The molecule has 0 fully saturated rings. The maximum absolute atomic E-state index is 5.57. The van der Waals surface area contributed by atoms with Gasteiger partial charge in [0.25, 0.3) is 0 Å². The standard InChI is InChI=1S/C17H28BrNO/c1-5-8-13(9-6-2)17(19-7-3)15-12-14(18)10-11-16(15)20-4/h10-13,17,19H,5-9H2,1-4H3. The highest BCUT2D eigenvalue weighted by atomic mass is 79.9. The zero-order valence-corrected chi connectivity index (χ0v) is 14.8. The summed E-state index contributed by atoms with van der Waals surface area (Å²) in [6.07, 6.45) is 4.95. The first kappa shape index (κ1) is 17.5. The normalized spacial score (nSPS) is 12.7. The smallest absolute Gasteiger partial charge is 0.123 e. The van der Waals surface area contributed by atoms with E-state index in [1.54, 1.807) is 7.11 Å². The van der Waals surface area contributed by atoms with E-state index in [0.29, 0.717) is 12.0 Å². The number of nitrogens with one attached hydrogen (secondary N) is 1. The number of hydrogen-bond acceptors (Lipinski definition) is 2. The van der Waals surface area contributed by atoms with Gasteiger partial charge in [-0.1, -0.05) is 49.5 Å². The van der Waals surface area contributed by atoms with Crippen LogP contribution in [-0.2, 0) is 0 Å². The fourth-order valence-electron chi connectivity index (χ4n) is 2.92. The first-order valence-corrected chi connectivity index (χ1v) is 8.53. The lowest BCUT2D eigenvalue weighted by Gasteiger charge is -2.29. The molecule has 2 nitrogen and oxygen atoms in total. The molecule has 0 radical (unpaired) electrons. The van der Waals surface area contributed by atoms with Gasteiger partial charge in [-0.2, -0.15) is 0 Å². The van der Waals surface area contributed by atoms with Crippen LogP contribution in [0.25, 0.3) is 0 Å². The van der Waals surface area contributed by atoms with Gasteiger partial charge < -0.3 is 10.1 Å². The van der Waals surface area contributed by atoms with Crippen LogP contribution in [0.5, 0.6) is 5.75 Å². The van der Waals surface area contributed by atoms with Crippen molar-refractivity contribution in [2.75, 3.05) is 13.7 Å². The van der Waals surface area contributed by atoms with E-state index in [2.05, 4.69) is 54.2 Å². The second-order valence-electron chi connectivity index (χ2n) is 5.26. The largest absolute Gasteiger partial charge is 0.496 e. The average molecular weight is 342 g/mol. The molecule has 3 heteroatoms. The van der Waals surface area contributed by atoms with Crippen LogP contribution in [0.4, 0.5) is 0 Å². The first-order chi connectivity index (χ1) is 9.67. The summed E-state index contributed by atoms with van der Waals surface area (Å²) in [5, 5.41) is 3.67. The van der Waals surface area contributed by atoms with Crippen molar-refractivity contribution in [1.29, 1.82) is 0 Å². The summed E-state index contributed by atoms with van der Waals surface area (Å²) >= 11 is 3.59. The van der Waals surface area contributed by atoms with Gasteiger partial charge in [-0.05, 0) is 43.5 Å². The van der Waals surface area contributed by atoms with Gasteiger partial charge >= 0.3 is 0 Å². The third kappa shape index (κ3) is 4.78. The van der Waals surface area contributed by atoms with Crippen molar-refractivity contribution in [2.24, 2.45) is 5.92 Å². The fraction of sp³-hybridized carbons (Fsp3) is 0.647. The van der Waals surface area contributed by atoms with Crippen LogP contribution in [0.15, 0.2) is 22.7 Å². The van der Waals surface area contributed by atoms with Gasteiger partial charge in [-0.15, -0.1) is 0 Å². The van der Waals surface area contributed by atoms with Crippen molar-refractivity contribution in [1.82, 2.24) is 5.32 Å². The lowest BCUT2D eigenvalue weighted by atomic mass is 9.85. The van der Waals surface area contributed by atoms with Gasteiger partial charge in [-0.25, -0.2) is 0 Å². The molecular formula is C17H28BrNO. The maximum Gasteiger partial charge on any atom is 0.123 e. The Morgan fingerprint density at radius 1 is 1.15 bits per heavy atom. The van der Waals surface area contributed by atoms with Crippen LogP contribution in [0.3, 0.4) is 0 Å². The molecule has 0 aliphatic rings. The van der Waals surface area contributed by atoms with E-state index in [9.17, 15) is 0 Å². The first-order valence-electron chi connectivity index (χ1n) is 7.74. The van der Waals surface area contributed by atoms with Gasteiger partial charge in [0.05, 0.1) is 7.11 Å². The molecule has 0 aliphatic heterocycles. The molecule has 1 aromatic carbocycles. The van der Waals surface area contributed by atoms with Gasteiger partial charge in [-0.3, -0.25) is 0 Å².